The fourth-order valence-corrected chi connectivity index (χ4v) is 1.56. The second-order valence-electron chi connectivity index (χ2n) is 3.71. The zero-order chi connectivity index (χ0) is 14.0. The number of benzene rings is 1. The second-order valence-corrected chi connectivity index (χ2v) is 3.71. The largest absolute Gasteiger partial charge is 0.478 e. The maximum atomic E-state index is 13.5. The summed E-state index contributed by atoms with van der Waals surface area (Å²) in [5, 5.41) is 17.5. The first-order chi connectivity index (χ1) is 8.99. The molecule has 0 unspecified atom stereocenters. The second kappa shape index (κ2) is 4.85. The van der Waals surface area contributed by atoms with Crippen molar-refractivity contribution in [1.82, 2.24) is 4.98 Å². The normalized spacial score (nSPS) is 10.2. The van der Waals surface area contributed by atoms with E-state index in [0.717, 1.165) is 12.1 Å². The summed E-state index contributed by atoms with van der Waals surface area (Å²) in [7, 11) is 0. The van der Waals surface area contributed by atoms with Gasteiger partial charge in [0.25, 0.3) is 0 Å². The molecule has 0 aliphatic carbocycles. The van der Waals surface area contributed by atoms with Crippen LogP contribution < -0.4 is 0 Å². The molecule has 2 rings (SSSR count). The molecule has 1 aromatic heterocycles. The number of halogens is 1. The predicted molar refractivity (Wildman–Crippen MR) is 63.5 cm³/mol. The number of pyridine rings is 1. The number of carboxylic acid groups (broad SMARTS) is 2. The molecule has 2 N–H and O–H groups in total. The van der Waals surface area contributed by atoms with E-state index in [1.807, 2.05) is 0 Å². The van der Waals surface area contributed by atoms with Gasteiger partial charge in [-0.1, -0.05) is 12.1 Å². The smallest absolute Gasteiger partial charge is 0.354 e. The van der Waals surface area contributed by atoms with Crippen molar-refractivity contribution in [3.8, 4) is 11.3 Å². The van der Waals surface area contributed by atoms with Gasteiger partial charge in [-0.15, -0.1) is 0 Å². The van der Waals surface area contributed by atoms with Gasteiger partial charge >= 0.3 is 11.9 Å². The summed E-state index contributed by atoms with van der Waals surface area (Å²) in [6.45, 7) is 0. The van der Waals surface area contributed by atoms with E-state index in [9.17, 15) is 14.0 Å². The van der Waals surface area contributed by atoms with Gasteiger partial charge in [0.05, 0.1) is 11.3 Å². The minimum Gasteiger partial charge on any atom is -0.478 e. The predicted octanol–water partition coefficient (Wildman–Crippen LogP) is 2.28. The summed E-state index contributed by atoms with van der Waals surface area (Å²) in [4.78, 5) is 25.3. The fourth-order valence-electron chi connectivity index (χ4n) is 1.56. The van der Waals surface area contributed by atoms with Crippen LogP contribution in [0.25, 0.3) is 11.3 Å². The third kappa shape index (κ3) is 2.57. The van der Waals surface area contributed by atoms with Gasteiger partial charge in [0.1, 0.15) is 11.5 Å². The molecule has 0 saturated carbocycles. The van der Waals surface area contributed by atoms with Crippen LogP contribution in [-0.4, -0.2) is 27.1 Å². The van der Waals surface area contributed by atoms with Gasteiger partial charge in [-0.2, -0.15) is 0 Å². The Morgan fingerprint density at radius 1 is 1.05 bits per heavy atom. The summed E-state index contributed by atoms with van der Waals surface area (Å²) in [6, 6.07) is 7.81. The molecule has 0 bridgehead atoms. The Morgan fingerprint density at radius 3 is 2.37 bits per heavy atom. The minimum atomic E-state index is -1.36. The van der Waals surface area contributed by atoms with Crippen molar-refractivity contribution < 1.29 is 24.2 Å². The van der Waals surface area contributed by atoms with Gasteiger partial charge < -0.3 is 10.2 Å². The first-order valence-corrected chi connectivity index (χ1v) is 5.22. The molecule has 19 heavy (non-hydrogen) atoms. The van der Waals surface area contributed by atoms with Gasteiger partial charge in [0.2, 0.25) is 0 Å². The zero-order valence-corrected chi connectivity index (χ0v) is 9.50. The Labute approximate surface area is 107 Å². The molecule has 0 amide bonds. The molecule has 0 aliphatic rings. The molecule has 0 spiro atoms. The molecule has 0 saturated heterocycles. The first kappa shape index (κ1) is 12.7. The lowest BCUT2D eigenvalue weighted by Crippen LogP contribution is -2.02. The zero-order valence-electron chi connectivity index (χ0n) is 9.50. The molecular formula is C13H8FNO4. The molecule has 2 aromatic rings. The van der Waals surface area contributed by atoms with E-state index in [-0.39, 0.29) is 11.4 Å². The lowest BCUT2D eigenvalue weighted by Gasteiger charge is -2.04. The summed E-state index contributed by atoms with van der Waals surface area (Å²) >= 11 is 0. The van der Waals surface area contributed by atoms with Gasteiger partial charge in [0, 0.05) is 5.56 Å². The highest BCUT2D eigenvalue weighted by Gasteiger charge is 2.12. The Balaban J connectivity index is 2.48. The van der Waals surface area contributed by atoms with Gasteiger partial charge in [-0.05, 0) is 24.3 Å². The van der Waals surface area contributed by atoms with E-state index in [2.05, 4.69) is 4.98 Å². The standard InChI is InChI=1S/C13H8FNO4/c14-9-6-7(4-5-8(9)12(16)17)10-2-1-3-11(15-10)13(18)19/h1-6H,(H,16,17)(H,18,19). The van der Waals surface area contributed by atoms with Crippen molar-refractivity contribution in [3.63, 3.8) is 0 Å². The maximum Gasteiger partial charge on any atom is 0.354 e. The average Bonchev–Trinajstić information content (AvgIpc) is 2.38. The topological polar surface area (TPSA) is 87.5 Å². The van der Waals surface area contributed by atoms with Crippen LogP contribution in [0.4, 0.5) is 4.39 Å². The van der Waals surface area contributed by atoms with Gasteiger partial charge in [-0.3, -0.25) is 0 Å². The summed E-state index contributed by atoms with van der Waals surface area (Å²) in [5.74, 6) is -3.45. The van der Waals surface area contributed by atoms with Crippen molar-refractivity contribution in [1.29, 1.82) is 0 Å². The summed E-state index contributed by atoms with van der Waals surface area (Å²) in [5.41, 5.74) is -0.0419. The van der Waals surface area contributed by atoms with E-state index in [1.54, 1.807) is 0 Å². The lowest BCUT2D eigenvalue weighted by molar-refractivity contribution is 0.0680. The van der Waals surface area contributed by atoms with Crippen LogP contribution in [0.3, 0.4) is 0 Å². The highest BCUT2D eigenvalue weighted by Crippen LogP contribution is 2.20. The van der Waals surface area contributed by atoms with E-state index in [4.69, 9.17) is 10.2 Å². The molecule has 6 heteroatoms. The van der Waals surface area contributed by atoms with Crippen molar-refractivity contribution in [2.75, 3.05) is 0 Å². The molecule has 1 aromatic carbocycles. The van der Waals surface area contributed by atoms with E-state index >= 15 is 0 Å². The molecule has 96 valence electrons. The van der Waals surface area contributed by atoms with E-state index < -0.39 is 23.3 Å². The first-order valence-electron chi connectivity index (χ1n) is 5.22. The van der Waals surface area contributed by atoms with E-state index in [0.29, 0.717) is 5.56 Å². The summed E-state index contributed by atoms with van der Waals surface area (Å²) < 4.78 is 13.5. The number of hydrogen-bond acceptors (Lipinski definition) is 3. The van der Waals surface area contributed by atoms with Crippen LogP contribution in [0.1, 0.15) is 20.8 Å². The van der Waals surface area contributed by atoms with Crippen LogP contribution in [-0.2, 0) is 0 Å². The number of hydrogen-bond donors (Lipinski definition) is 2. The Hall–Kier alpha value is -2.76. The van der Waals surface area contributed by atoms with Crippen LogP contribution >= 0.6 is 0 Å². The summed E-state index contributed by atoms with van der Waals surface area (Å²) in [6.07, 6.45) is 0. The monoisotopic (exact) mass is 261 g/mol. The highest BCUT2D eigenvalue weighted by atomic mass is 19.1. The quantitative estimate of drug-likeness (QED) is 0.884. The van der Waals surface area contributed by atoms with Gasteiger partial charge in [0.15, 0.2) is 0 Å². The molecular weight excluding hydrogens is 253 g/mol. The fraction of sp³-hybridized carbons (Fsp3) is 0. The van der Waals surface area contributed by atoms with Crippen molar-refractivity contribution in [2.45, 2.75) is 0 Å². The highest BCUT2D eigenvalue weighted by molar-refractivity contribution is 5.89. The van der Waals surface area contributed by atoms with Crippen LogP contribution in [0.15, 0.2) is 36.4 Å². The molecule has 0 atom stereocenters. The lowest BCUT2D eigenvalue weighted by atomic mass is 10.1. The number of rotatable bonds is 3. The van der Waals surface area contributed by atoms with Gasteiger partial charge in [-0.25, -0.2) is 19.0 Å². The Bertz CT molecular complexity index is 669. The van der Waals surface area contributed by atoms with E-state index in [1.165, 1.54) is 24.3 Å². The Morgan fingerprint density at radius 2 is 1.79 bits per heavy atom. The van der Waals surface area contributed by atoms with Crippen molar-refractivity contribution in [2.24, 2.45) is 0 Å². The average molecular weight is 261 g/mol. The third-order valence-corrected chi connectivity index (χ3v) is 2.46. The molecule has 0 fully saturated rings. The van der Waals surface area contributed by atoms with Crippen molar-refractivity contribution >= 4 is 11.9 Å². The third-order valence-electron chi connectivity index (χ3n) is 2.46. The minimum absolute atomic E-state index is 0.166. The molecule has 5 nitrogen and oxygen atoms in total. The number of carbonyl (C=O) groups is 2. The molecule has 1 heterocycles. The SMILES string of the molecule is O=C(O)c1cccc(-c2ccc(C(=O)O)c(F)c2)n1. The Kier molecular flexibility index (Phi) is 3.24. The number of carboxylic acids is 2. The molecule has 0 radical (unpaired) electrons. The van der Waals surface area contributed by atoms with Crippen LogP contribution in [0, 0.1) is 5.82 Å². The number of aromatic nitrogens is 1. The van der Waals surface area contributed by atoms with Crippen LogP contribution in [0.5, 0.6) is 0 Å². The van der Waals surface area contributed by atoms with Crippen LogP contribution in [0.2, 0.25) is 0 Å². The maximum absolute atomic E-state index is 13.5. The molecule has 0 aliphatic heterocycles. The number of nitrogens with zero attached hydrogens (tertiary/aromatic N) is 1. The van der Waals surface area contributed by atoms with Crippen molar-refractivity contribution in [3.05, 3.63) is 53.5 Å². The number of aromatic carboxylic acids is 2.